The van der Waals surface area contributed by atoms with Crippen molar-refractivity contribution in [2.75, 3.05) is 13.2 Å². The van der Waals surface area contributed by atoms with Crippen LogP contribution in [0, 0.1) is 0 Å². The monoisotopic (exact) mass is 885 g/mol. The predicted molar refractivity (Wildman–Crippen MR) is 270 cm³/mol. The third kappa shape index (κ3) is 50.5. The van der Waals surface area contributed by atoms with E-state index >= 15 is 0 Å². The number of esters is 3. The summed E-state index contributed by atoms with van der Waals surface area (Å²) in [6.45, 7) is 6.60. The van der Waals surface area contributed by atoms with E-state index in [1.54, 1.807) is 0 Å². The molecule has 63 heavy (non-hydrogen) atoms. The summed E-state index contributed by atoms with van der Waals surface area (Å²) < 4.78 is 16.8. The second-order valence-electron chi connectivity index (χ2n) is 18.5. The lowest BCUT2D eigenvalue weighted by molar-refractivity contribution is -0.167. The van der Waals surface area contributed by atoms with Crippen molar-refractivity contribution in [2.24, 2.45) is 0 Å². The number of ether oxygens (including phenoxy) is 3. The lowest BCUT2D eigenvalue weighted by atomic mass is 10.0. The van der Waals surface area contributed by atoms with E-state index in [1.807, 2.05) is 0 Å². The summed E-state index contributed by atoms with van der Waals surface area (Å²) in [5, 5.41) is 0. The Hall–Kier alpha value is -2.37. The molecule has 1 atom stereocenters. The Morgan fingerprint density at radius 1 is 0.317 bits per heavy atom. The summed E-state index contributed by atoms with van der Waals surface area (Å²) in [5.41, 5.74) is 0. The van der Waals surface area contributed by atoms with Gasteiger partial charge in [-0.15, -0.1) is 0 Å². The van der Waals surface area contributed by atoms with Crippen molar-refractivity contribution in [3.63, 3.8) is 0 Å². The van der Waals surface area contributed by atoms with Gasteiger partial charge in [-0.1, -0.05) is 237 Å². The molecule has 0 aromatic carbocycles. The van der Waals surface area contributed by atoms with Gasteiger partial charge < -0.3 is 14.2 Å². The van der Waals surface area contributed by atoms with Crippen LogP contribution in [0.5, 0.6) is 0 Å². The predicted octanol–water partition coefficient (Wildman–Crippen LogP) is 18.1. The van der Waals surface area contributed by atoms with Gasteiger partial charge in [0, 0.05) is 19.3 Å². The van der Waals surface area contributed by atoms with Crippen LogP contribution < -0.4 is 0 Å². The Morgan fingerprint density at radius 2 is 0.587 bits per heavy atom. The highest BCUT2D eigenvalue weighted by atomic mass is 16.6. The van der Waals surface area contributed by atoms with Gasteiger partial charge in [-0.3, -0.25) is 14.4 Å². The van der Waals surface area contributed by atoms with Gasteiger partial charge in [0.25, 0.3) is 0 Å². The third-order valence-corrected chi connectivity index (χ3v) is 12.1. The molecule has 0 heterocycles. The molecule has 0 aliphatic carbocycles. The molecule has 0 amide bonds. The molecule has 6 heteroatoms. The SMILES string of the molecule is CCCC/C=C\C/C=C\CCCCCCCC(=O)O[C@H](COC(=O)CCCCCCC/C=C\CCCCCCC)COC(=O)CCCCCCCCCCCCCCCCCCC. The molecule has 0 unspecified atom stereocenters. The van der Waals surface area contributed by atoms with Crippen LogP contribution in [0.4, 0.5) is 0 Å². The van der Waals surface area contributed by atoms with Gasteiger partial charge in [0.2, 0.25) is 0 Å². The Kier molecular flexibility index (Phi) is 50.3. The molecule has 368 valence electrons. The molecular weight excluding hydrogens is 781 g/mol. The smallest absolute Gasteiger partial charge is 0.306 e. The van der Waals surface area contributed by atoms with Crippen LogP contribution in [0.15, 0.2) is 36.5 Å². The fourth-order valence-electron chi connectivity index (χ4n) is 7.93. The minimum Gasteiger partial charge on any atom is -0.462 e. The summed E-state index contributed by atoms with van der Waals surface area (Å²) in [5.74, 6) is -0.887. The van der Waals surface area contributed by atoms with E-state index in [0.717, 1.165) is 89.9 Å². The minimum absolute atomic E-state index is 0.0772. The maximum Gasteiger partial charge on any atom is 0.306 e. The van der Waals surface area contributed by atoms with Crippen LogP contribution in [-0.4, -0.2) is 37.2 Å². The van der Waals surface area contributed by atoms with Gasteiger partial charge in [-0.05, 0) is 70.6 Å². The molecule has 0 aliphatic rings. The zero-order valence-electron chi connectivity index (χ0n) is 42.1. The van der Waals surface area contributed by atoms with E-state index < -0.39 is 6.10 Å². The number of hydrogen-bond donors (Lipinski definition) is 0. The van der Waals surface area contributed by atoms with Gasteiger partial charge in [-0.2, -0.15) is 0 Å². The molecule has 0 saturated heterocycles. The largest absolute Gasteiger partial charge is 0.462 e. The molecule has 0 radical (unpaired) electrons. The molecule has 0 N–H and O–H groups in total. The maximum atomic E-state index is 12.8. The average molecular weight is 885 g/mol. The summed E-state index contributed by atoms with van der Waals surface area (Å²) in [6, 6.07) is 0. The van der Waals surface area contributed by atoms with E-state index in [1.165, 1.54) is 161 Å². The van der Waals surface area contributed by atoms with Crippen molar-refractivity contribution in [3.05, 3.63) is 36.5 Å². The Bertz CT molecular complexity index is 1060. The summed E-state index contributed by atoms with van der Waals surface area (Å²) in [6.07, 6.45) is 61.3. The number of unbranched alkanes of at least 4 members (excludes halogenated alkanes) is 33. The molecule has 0 rings (SSSR count). The molecule has 0 saturated carbocycles. The van der Waals surface area contributed by atoms with E-state index in [2.05, 4.69) is 57.2 Å². The number of allylic oxidation sites excluding steroid dienone is 6. The second kappa shape index (κ2) is 52.3. The number of hydrogen-bond acceptors (Lipinski definition) is 6. The van der Waals surface area contributed by atoms with Gasteiger partial charge in [-0.25, -0.2) is 0 Å². The van der Waals surface area contributed by atoms with Gasteiger partial charge in [0.1, 0.15) is 13.2 Å². The zero-order valence-corrected chi connectivity index (χ0v) is 42.1. The van der Waals surface area contributed by atoms with E-state index in [0.29, 0.717) is 19.3 Å². The molecule has 0 spiro atoms. The third-order valence-electron chi connectivity index (χ3n) is 12.1. The van der Waals surface area contributed by atoms with Crippen molar-refractivity contribution in [1.82, 2.24) is 0 Å². The molecule has 0 aromatic rings. The summed E-state index contributed by atoms with van der Waals surface area (Å²) in [4.78, 5) is 38.0. The maximum absolute atomic E-state index is 12.8. The van der Waals surface area contributed by atoms with Crippen LogP contribution >= 0.6 is 0 Å². The van der Waals surface area contributed by atoms with Crippen LogP contribution in [0.3, 0.4) is 0 Å². The minimum atomic E-state index is -0.779. The van der Waals surface area contributed by atoms with Gasteiger partial charge in [0.05, 0.1) is 0 Å². The number of carbonyl (C=O) groups excluding carboxylic acids is 3. The highest BCUT2D eigenvalue weighted by Crippen LogP contribution is 2.16. The molecular formula is C57H104O6. The van der Waals surface area contributed by atoms with Gasteiger partial charge >= 0.3 is 17.9 Å². The highest BCUT2D eigenvalue weighted by molar-refractivity contribution is 5.71. The lowest BCUT2D eigenvalue weighted by Crippen LogP contribution is -2.30. The molecule has 0 bridgehead atoms. The first-order valence-corrected chi connectivity index (χ1v) is 27.5. The molecule has 0 fully saturated rings. The average Bonchev–Trinajstić information content (AvgIpc) is 3.28. The van der Waals surface area contributed by atoms with Crippen LogP contribution in [0.1, 0.15) is 290 Å². The Morgan fingerprint density at radius 3 is 0.937 bits per heavy atom. The van der Waals surface area contributed by atoms with Crippen LogP contribution in [0.2, 0.25) is 0 Å². The molecule has 6 nitrogen and oxygen atoms in total. The standard InChI is InChI=1S/C57H104O6/c1-4-7-10-13-16-19-22-25-28-29-30-33-35-38-41-44-47-50-56(59)62-53-54(63-57(60)51-48-45-42-39-36-32-27-24-21-18-15-12-9-6-3)52-61-55(58)49-46-43-40-37-34-31-26-23-20-17-14-11-8-5-2/h15,18,23-24,26-27,54H,4-14,16-17,19-22,25,28-53H2,1-3H3/b18-15-,26-23-,27-24-/t54-/m1/s1. The summed E-state index contributed by atoms with van der Waals surface area (Å²) >= 11 is 0. The normalized spacial score (nSPS) is 12.2. The quantitative estimate of drug-likeness (QED) is 0.0262. The highest BCUT2D eigenvalue weighted by Gasteiger charge is 2.19. The van der Waals surface area contributed by atoms with Crippen molar-refractivity contribution in [1.29, 1.82) is 0 Å². The Balaban J connectivity index is 4.36. The van der Waals surface area contributed by atoms with Crippen molar-refractivity contribution in [3.8, 4) is 0 Å². The van der Waals surface area contributed by atoms with E-state index in [9.17, 15) is 14.4 Å². The lowest BCUT2D eigenvalue weighted by Gasteiger charge is -2.18. The van der Waals surface area contributed by atoms with Gasteiger partial charge in [0.15, 0.2) is 6.10 Å². The van der Waals surface area contributed by atoms with E-state index in [-0.39, 0.29) is 31.1 Å². The topological polar surface area (TPSA) is 78.9 Å². The van der Waals surface area contributed by atoms with Crippen molar-refractivity contribution >= 4 is 17.9 Å². The first-order chi connectivity index (χ1) is 31.0. The van der Waals surface area contributed by atoms with E-state index in [4.69, 9.17) is 14.2 Å². The number of rotatable bonds is 50. The molecule has 0 aliphatic heterocycles. The first kappa shape index (κ1) is 60.6. The first-order valence-electron chi connectivity index (χ1n) is 27.5. The summed E-state index contributed by atoms with van der Waals surface area (Å²) in [7, 11) is 0. The molecule has 0 aromatic heterocycles. The van der Waals surface area contributed by atoms with Crippen LogP contribution in [-0.2, 0) is 28.6 Å². The second-order valence-corrected chi connectivity index (χ2v) is 18.5. The zero-order chi connectivity index (χ0) is 45.8. The van der Waals surface area contributed by atoms with Crippen molar-refractivity contribution in [2.45, 2.75) is 297 Å². The van der Waals surface area contributed by atoms with Crippen LogP contribution in [0.25, 0.3) is 0 Å². The van der Waals surface area contributed by atoms with Crippen molar-refractivity contribution < 1.29 is 28.6 Å². The fraction of sp³-hybridized carbons (Fsp3) is 0.842. The Labute approximate surface area is 391 Å². The fourth-order valence-corrected chi connectivity index (χ4v) is 7.93. The number of carbonyl (C=O) groups is 3.